The monoisotopic (exact) mass is 459 g/mol. The molecule has 0 aromatic heterocycles. The second kappa shape index (κ2) is 12.5. The molecular formula is C23H26ClN3O5. The number of hydrogen-bond acceptors (Lipinski definition) is 5. The second-order valence-electron chi connectivity index (χ2n) is 6.88. The van der Waals surface area contributed by atoms with Gasteiger partial charge in [-0.3, -0.25) is 30.0 Å². The van der Waals surface area contributed by atoms with Gasteiger partial charge in [-0.15, -0.1) is 0 Å². The first kappa shape index (κ1) is 24.9. The molecule has 0 heterocycles. The van der Waals surface area contributed by atoms with E-state index in [0.717, 1.165) is 29.7 Å². The van der Waals surface area contributed by atoms with Crippen LogP contribution in [0, 0.1) is 0 Å². The van der Waals surface area contributed by atoms with Gasteiger partial charge in [0.15, 0.2) is 6.61 Å². The molecule has 0 bridgehead atoms. The van der Waals surface area contributed by atoms with Gasteiger partial charge in [0.05, 0.1) is 6.42 Å². The van der Waals surface area contributed by atoms with E-state index in [0.29, 0.717) is 10.6 Å². The Morgan fingerprint density at radius 2 is 1.47 bits per heavy atom. The minimum absolute atomic E-state index is 0.208. The first-order chi connectivity index (χ1) is 15.3. The lowest BCUT2D eigenvalue weighted by Crippen LogP contribution is -2.41. The van der Waals surface area contributed by atoms with E-state index >= 15 is 0 Å². The third kappa shape index (κ3) is 7.70. The maximum absolute atomic E-state index is 12.2. The molecule has 170 valence electrons. The van der Waals surface area contributed by atoms with E-state index in [4.69, 9.17) is 16.3 Å². The molecule has 0 radical (unpaired) electrons. The number of nitrogens with one attached hydrogen (secondary N) is 3. The number of benzene rings is 2. The van der Waals surface area contributed by atoms with E-state index in [1.807, 2.05) is 32.0 Å². The topological polar surface area (TPSA) is 114 Å². The molecule has 0 aliphatic heterocycles. The zero-order valence-electron chi connectivity index (χ0n) is 18.0. The van der Waals surface area contributed by atoms with Crippen molar-refractivity contribution >= 4 is 41.0 Å². The van der Waals surface area contributed by atoms with Crippen LogP contribution >= 0.6 is 11.6 Å². The van der Waals surface area contributed by atoms with Crippen molar-refractivity contribution < 1.29 is 23.9 Å². The van der Waals surface area contributed by atoms with Crippen LogP contribution in [0.3, 0.4) is 0 Å². The van der Waals surface area contributed by atoms with E-state index in [9.17, 15) is 19.2 Å². The molecule has 0 aliphatic rings. The summed E-state index contributed by atoms with van der Waals surface area (Å²) in [5, 5.41) is 3.29. The van der Waals surface area contributed by atoms with Gasteiger partial charge < -0.3 is 10.1 Å². The quantitative estimate of drug-likeness (QED) is 0.393. The maximum atomic E-state index is 12.2. The first-order valence-electron chi connectivity index (χ1n) is 10.2. The number of anilines is 1. The van der Waals surface area contributed by atoms with Crippen molar-refractivity contribution in [3.8, 4) is 0 Å². The third-order valence-corrected chi connectivity index (χ3v) is 4.86. The molecule has 0 saturated heterocycles. The largest absolute Gasteiger partial charge is 0.456 e. The fraction of sp³-hybridized carbons (Fsp3) is 0.304. The molecule has 3 N–H and O–H groups in total. The van der Waals surface area contributed by atoms with Gasteiger partial charge in [0.2, 0.25) is 5.91 Å². The van der Waals surface area contributed by atoms with Gasteiger partial charge in [-0.1, -0.05) is 43.6 Å². The Kier molecular flexibility index (Phi) is 9.69. The van der Waals surface area contributed by atoms with E-state index in [2.05, 4.69) is 16.2 Å². The van der Waals surface area contributed by atoms with Crippen molar-refractivity contribution in [2.75, 3.05) is 11.9 Å². The summed E-state index contributed by atoms with van der Waals surface area (Å²) in [7, 11) is 0. The van der Waals surface area contributed by atoms with Gasteiger partial charge in [0.25, 0.3) is 11.8 Å². The van der Waals surface area contributed by atoms with Crippen molar-refractivity contribution in [3.63, 3.8) is 0 Å². The zero-order chi connectivity index (χ0) is 23.5. The van der Waals surface area contributed by atoms with Crippen molar-refractivity contribution in [1.29, 1.82) is 0 Å². The number of esters is 1. The molecule has 32 heavy (non-hydrogen) atoms. The van der Waals surface area contributed by atoms with Crippen molar-refractivity contribution in [1.82, 2.24) is 10.9 Å². The number of aryl methyl sites for hydroxylation is 2. The minimum Gasteiger partial charge on any atom is -0.456 e. The van der Waals surface area contributed by atoms with Crippen LogP contribution in [0.5, 0.6) is 0 Å². The second-order valence-corrected chi connectivity index (χ2v) is 7.31. The Hall–Kier alpha value is -3.39. The summed E-state index contributed by atoms with van der Waals surface area (Å²) >= 11 is 5.76. The van der Waals surface area contributed by atoms with Gasteiger partial charge in [0.1, 0.15) is 0 Å². The zero-order valence-corrected chi connectivity index (χ0v) is 18.8. The smallest absolute Gasteiger partial charge is 0.306 e. The summed E-state index contributed by atoms with van der Waals surface area (Å²) in [6.45, 7) is 3.54. The van der Waals surface area contributed by atoms with Crippen LogP contribution in [0.15, 0.2) is 42.5 Å². The van der Waals surface area contributed by atoms with Crippen LogP contribution in [0.4, 0.5) is 5.69 Å². The molecule has 0 saturated carbocycles. The van der Waals surface area contributed by atoms with Crippen LogP contribution in [0.1, 0.15) is 48.2 Å². The molecule has 2 aromatic carbocycles. The lowest BCUT2D eigenvalue weighted by atomic mass is 10.0. The number of amides is 3. The summed E-state index contributed by atoms with van der Waals surface area (Å²) in [4.78, 5) is 47.8. The fourth-order valence-electron chi connectivity index (χ4n) is 2.87. The van der Waals surface area contributed by atoms with Crippen LogP contribution < -0.4 is 16.2 Å². The number of ether oxygens (including phenoxy) is 1. The van der Waals surface area contributed by atoms with E-state index in [1.54, 1.807) is 12.1 Å². The van der Waals surface area contributed by atoms with Crippen molar-refractivity contribution in [2.45, 2.75) is 39.5 Å². The SMILES string of the molecule is CCc1cccc(CC)c1NC(=O)COC(=O)CCC(=O)NNC(=O)c1ccc(Cl)cc1. The molecule has 9 heteroatoms. The van der Waals surface area contributed by atoms with E-state index in [1.165, 1.54) is 12.1 Å². The summed E-state index contributed by atoms with van der Waals surface area (Å²) in [5.41, 5.74) is 7.52. The summed E-state index contributed by atoms with van der Waals surface area (Å²) in [5.74, 6) is -2.24. The Balaban J connectivity index is 1.72. The highest BCUT2D eigenvalue weighted by Gasteiger charge is 2.14. The third-order valence-electron chi connectivity index (χ3n) is 4.61. The van der Waals surface area contributed by atoms with Crippen molar-refractivity contribution in [3.05, 3.63) is 64.2 Å². The van der Waals surface area contributed by atoms with Gasteiger partial charge in [-0.05, 0) is 48.2 Å². The molecule has 2 rings (SSSR count). The summed E-state index contributed by atoms with van der Waals surface area (Å²) in [6.07, 6.45) is 1.07. The van der Waals surface area contributed by atoms with Gasteiger partial charge >= 0.3 is 5.97 Å². The summed E-state index contributed by atoms with van der Waals surface area (Å²) < 4.78 is 4.95. The molecule has 0 atom stereocenters. The predicted molar refractivity (Wildman–Crippen MR) is 121 cm³/mol. The average Bonchev–Trinajstić information content (AvgIpc) is 2.80. The predicted octanol–water partition coefficient (Wildman–Crippen LogP) is 3.19. The number of halogens is 1. The molecule has 3 amide bonds. The molecule has 0 spiro atoms. The molecule has 8 nitrogen and oxygen atoms in total. The van der Waals surface area contributed by atoms with Crippen LogP contribution in [0.25, 0.3) is 0 Å². The minimum atomic E-state index is -0.696. The lowest BCUT2D eigenvalue weighted by molar-refractivity contribution is -0.148. The number of carbonyl (C=O) groups excluding carboxylic acids is 4. The number of carbonyl (C=O) groups is 4. The molecule has 0 aliphatic carbocycles. The molecule has 0 fully saturated rings. The highest BCUT2D eigenvalue weighted by molar-refractivity contribution is 6.30. The number of hydrazine groups is 1. The van der Waals surface area contributed by atoms with E-state index in [-0.39, 0.29) is 12.8 Å². The van der Waals surface area contributed by atoms with Crippen molar-refractivity contribution in [2.24, 2.45) is 0 Å². The summed E-state index contributed by atoms with van der Waals surface area (Å²) in [6, 6.07) is 11.9. The first-order valence-corrected chi connectivity index (χ1v) is 10.6. The highest BCUT2D eigenvalue weighted by atomic mass is 35.5. The lowest BCUT2D eigenvalue weighted by Gasteiger charge is -2.14. The number of hydrogen-bond donors (Lipinski definition) is 3. The Morgan fingerprint density at radius 3 is 2.06 bits per heavy atom. The highest BCUT2D eigenvalue weighted by Crippen LogP contribution is 2.22. The number of para-hydroxylation sites is 1. The molecular weight excluding hydrogens is 434 g/mol. The van der Waals surface area contributed by atoms with Gasteiger partial charge in [-0.25, -0.2) is 0 Å². The molecule has 0 unspecified atom stereocenters. The van der Waals surface area contributed by atoms with Gasteiger partial charge in [0, 0.05) is 22.7 Å². The fourth-order valence-corrected chi connectivity index (χ4v) is 3.00. The van der Waals surface area contributed by atoms with Crippen LogP contribution in [0.2, 0.25) is 5.02 Å². The van der Waals surface area contributed by atoms with Crippen LogP contribution in [-0.2, 0) is 32.0 Å². The molecule has 2 aromatic rings. The maximum Gasteiger partial charge on any atom is 0.306 e. The van der Waals surface area contributed by atoms with Crippen LogP contribution in [-0.4, -0.2) is 30.3 Å². The normalized spacial score (nSPS) is 10.2. The Morgan fingerprint density at radius 1 is 0.844 bits per heavy atom. The number of rotatable bonds is 9. The van der Waals surface area contributed by atoms with E-state index < -0.39 is 30.3 Å². The Bertz CT molecular complexity index is 954. The van der Waals surface area contributed by atoms with Gasteiger partial charge in [-0.2, -0.15) is 0 Å². The standard InChI is InChI=1S/C23H26ClN3O5/c1-3-15-6-5-7-16(4-2)22(15)25-20(29)14-32-21(30)13-12-19(28)26-27-23(31)17-8-10-18(24)11-9-17/h5-11H,3-4,12-14H2,1-2H3,(H,25,29)(H,26,28)(H,27,31). The Labute approximate surface area is 191 Å². The average molecular weight is 460 g/mol.